The van der Waals surface area contributed by atoms with Crippen LogP contribution in [0.25, 0.3) is 0 Å². The van der Waals surface area contributed by atoms with Crippen LogP contribution in [0.5, 0.6) is 0 Å². The fraction of sp³-hybridized carbons (Fsp3) is 0.619. The second-order valence-electron chi connectivity index (χ2n) is 7.69. The zero-order valence-corrected chi connectivity index (χ0v) is 15.5. The molecule has 4 nitrogen and oxygen atoms in total. The number of rotatable bonds is 5. The zero-order valence-electron chi connectivity index (χ0n) is 15.5. The van der Waals surface area contributed by atoms with Crippen molar-refractivity contribution >= 4 is 0 Å². The molecule has 1 aromatic carbocycles. The molecule has 0 heterocycles. The van der Waals surface area contributed by atoms with E-state index < -0.39 is 12.2 Å². The maximum atomic E-state index is 10.4. The quantitative estimate of drug-likeness (QED) is 0.632. The van der Waals surface area contributed by atoms with Gasteiger partial charge in [0.15, 0.2) is 0 Å². The molecule has 1 fully saturated rings. The average Bonchev–Trinajstić information content (AvgIpc) is 2.55. The molecule has 0 spiro atoms. The summed E-state index contributed by atoms with van der Waals surface area (Å²) in [5.74, 6) is 0. The average molecular weight is 346 g/mol. The van der Waals surface area contributed by atoms with Crippen molar-refractivity contribution in [2.24, 2.45) is 5.41 Å². The molecular formula is C21H30O4. The molecule has 2 unspecified atom stereocenters. The van der Waals surface area contributed by atoms with Crippen molar-refractivity contribution in [3.8, 4) is 0 Å². The van der Waals surface area contributed by atoms with Gasteiger partial charge in [0.25, 0.3) is 0 Å². The van der Waals surface area contributed by atoms with Crippen LogP contribution in [0, 0.1) is 19.3 Å². The van der Waals surface area contributed by atoms with E-state index in [1.165, 1.54) is 16.7 Å². The number of methoxy groups -OCH3 is 1. The Kier molecular flexibility index (Phi) is 5.64. The van der Waals surface area contributed by atoms with Gasteiger partial charge in [-0.05, 0) is 45.1 Å². The van der Waals surface area contributed by atoms with E-state index in [1.807, 2.05) is 6.08 Å². The first-order valence-electron chi connectivity index (χ1n) is 9.22. The van der Waals surface area contributed by atoms with Gasteiger partial charge in [0, 0.05) is 12.5 Å². The Morgan fingerprint density at radius 1 is 1.16 bits per heavy atom. The highest BCUT2D eigenvalue weighted by molar-refractivity contribution is 5.35. The summed E-state index contributed by atoms with van der Waals surface area (Å²) < 4.78 is 11.4. The summed E-state index contributed by atoms with van der Waals surface area (Å²) in [4.78, 5) is 0. The van der Waals surface area contributed by atoms with Gasteiger partial charge in [-0.25, -0.2) is 0 Å². The molecule has 2 aliphatic rings. The number of aliphatic hydroxyl groups is 2. The normalized spacial score (nSPS) is 30.5. The highest BCUT2D eigenvalue weighted by Crippen LogP contribution is 2.56. The molecule has 2 aliphatic carbocycles. The Hall–Kier alpha value is -1.20. The van der Waals surface area contributed by atoms with Crippen LogP contribution in [0.15, 0.2) is 29.8 Å². The van der Waals surface area contributed by atoms with E-state index in [-0.39, 0.29) is 18.3 Å². The topological polar surface area (TPSA) is 58.9 Å². The lowest BCUT2D eigenvalue weighted by Crippen LogP contribution is -2.45. The molecule has 4 heteroatoms. The first-order valence-corrected chi connectivity index (χ1v) is 9.22. The first-order chi connectivity index (χ1) is 12.0. The highest BCUT2D eigenvalue weighted by Gasteiger charge is 2.49. The molecule has 4 atom stereocenters. The third kappa shape index (κ3) is 3.68. The Balaban J connectivity index is 2.08. The van der Waals surface area contributed by atoms with Gasteiger partial charge in [0.1, 0.15) is 6.79 Å². The molecule has 0 saturated heterocycles. The van der Waals surface area contributed by atoms with Gasteiger partial charge in [-0.3, -0.25) is 0 Å². The highest BCUT2D eigenvalue weighted by atomic mass is 16.7. The Bertz CT molecular complexity index is 619. The molecule has 1 aromatic rings. The van der Waals surface area contributed by atoms with Gasteiger partial charge < -0.3 is 19.7 Å². The fourth-order valence-corrected chi connectivity index (χ4v) is 4.74. The summed E-state index contributed by atoms with van der Waals surface area (Å²) in [6.07, 6.45) is 4.86. The van der Waals surface area contributed by atoms with Crippen molar-refractivity contribution in [2.45, 2.75) is 64.3 Å². The molecule has 25 heavy (non-hydrogen) atoms. The maximum absolute atomic E-state index is 10.4. The minimum Gasteiger partial charge on any atom is -0.390 e. The fourth-order valence-electron chi connectivity index (χ4n) is 4.74. The third-order valence-electron chi connectivity index (χ3n) is 5.70. The lowest BCUT2D eigenvalue weighted by molar-refractivity contribution is -0.135. The van der Waals surface area contributed by atoms with Crippen molar-refractivity contribution < 1.29 is 19.7 Å². The summed E-state index contributed by atoms with van der Waals surface area (Å²) in [6.45, 7) is 4.41. The minimum absolute atomic E-state index is 0.181. The molecule has 0 aliphatic heterocycles. The van der Waals surface area contributed by atoms with Gasteiger partial charge in [0.05, 0.1) is 18.3 Å². The number of hydrogen-bond donors (Lipinski definition) is 2. The number of fused-ring (bicyclic) bond motifs is 1. The Morgan fingerprint density at radius 2 is 1.88 bits per heavy atom. The second kappa shape index (κ2) is 7.58. The van der Waals surface area contributed by atoms with Crippen molar-refractivity contribution in [3.05, 3.63) is 46.5 Å². The summed E-state index contributed by atoms with van der Waals surface area (Å²) >= 11 is 0. The summed E-state index contributed by atoms with van der Waals surface area (Å²) in [6, 6.07) is 6.50. The zero-order chi connectivity index (χ0) is 18.0. The van der Waals surface area contributed by atoms with Crippen molar-refractivity contribution in [3.63, 3.8) is 0 Å². The number of hydrogen-bond acceptors (Lipinski definition) is 4. The summed E-state index contributed by atoms with van der Waals surface area (Å²) in [5, 5.41) is 20.6. The monoisotopic (exact) mass is 346 g/mol. The van der Waals surface area contributed by atoms with Crippen LogP contribution in [0.2, 0.25) is 0 Å². The molecule has 0 amide bonds. The SMILES string of the molecule is COCO[C@H](c1cc(C)cc(C)c1)[C@@]12CCCCC1=CC(O)C(O)C2. The van der Waals surface area contributed by atoms with E-state index in [2.05, 4.69) is 32.0 Å². The van der Waals surface area contributed by atoms with E-state index in [1.54, 1.807) is 7.11 Å². The van der Waals surface area contributed by atoms with E-state index in [0.29, 0.717) is 6.42 Å². The molecule has 1 saturated carbocycles. The maximum Gasteiger partial charge on any atom is 0.147 e. The molecule has 2 N–H and O–H groups in total. The van der Waals surface area contributed by atoms with Gasteiger partial charge >= 0.3 is 0 Å². The summed E-state index contributed by atoms with van der Waals surface area (Å²) in [7, 11) is 1.63. The van der Waals surface area contributed by atoms with Crippen molar-refractivity contribution in [1.29, 1.82) is 0 Å². The second-order valence-corrected chi connectivity index (χ2v) is 7.69. The number of benzene rings is 1. The minimum atomic E-state index is -0.774. The van der Waals surface area contributed by atoms with Crippen LogP contribution >= 0.6 is 0 Å². The van der Waals surface area contributed by atoms with Gasteiger partial charge in [0.2, 0.25) is 0 Å². The molecule has 0 aromatic heterocycles. The molecule has 3 rings (SSSR count). The van der Waals surface area contributed by atoms with Crippen LogP contribution < -0.4 is 0 Å². The van der Waals surface area contributed by atoms with E-state index in [0.717, 1.165) is 31.2 Å². The van der Waals surface area contributed by atoms with Gasteiger partial charge in [-0.2, -0.15) is 0 Å². The van der Waals surface area contributed by atoms with Crippen molar-refractivity contribution in [2.75, 3.05) is 13.9 Å². The van der Waals surface area contributed by atoms with Crippen LogP contribution in [0.3, 0.4) is 0 Å². The predicted octanol–water partition coefficient (Wildman–Crippen LogP) is 3.58. The number of ether oxygens (including phenoxy) is 2. The Labute approximate surface area is 150 Å². The predicted molar refractivity (Wildman–Crippen MR) is 97.2 cm³/mol. The van der Waals surface area contributed by atoms with Crippen LogP contribution in [0.4, 0.5) is 0 Å². The molecule has 138 valence electrons. The van der Waals surface area contributed by atoms with Gasteiger partial charge in [-0.15, -0.1) is 0 Å². The van der Waals surface area contributed by atoms with E-state index in [4.69, 9.17) is 9.47 Å². The van der Waals surface area contributed by atoms with E-state index in [9.17, 15) is 10.2 Å². The van der Waals surface area contributed by atoms with Crippen LogP contribution in [-0.4, -0.2) is 36.3 Å². The van der Waals surface area contributed by atoms with Gasteiger partial charge in [-0.1, -0.05) is 47.4 Å². The summed E-state index contributed by atoms with van der Waals surface area (Å²) in [5.41, 5.74) is 4.50. The number of aryl methyl sites for hydroxylation is 2. The van der Waals surface area contributed by atoms with Crippen LogP contribution in [-0.2, 0) is 9.47 Å². The largest absolute Gasteiger partial charge is 0.390 e. The first kappa shape index (κ1) is 18.6. The smallest absolute Gasteiger partial charge is 0.147 e. The molecular weight excluding hydrogens is 316 g/mol. The Morgan fingerprint density at radius 3 is 2.56 bits per heavy atom. The lowest BCUT2D eigenvalue weighted by Gasteiger charge is -2.49. The molecule has 0 bridgehead atoms. The number of aliphatic hydroxyl groups excluding tert-OH is 2. The third-order valence-corrected chi connectivity index (χ3v) is 5.70. The van der Waals surface area contributed by atoms with Crippen molar-refractivity contribution in [1.82, 2.24) is 0 Å². The molecule has 0 radical (unpaired) electrons. The standard InChI is InChI=1S/C21H30O4/c1-14-8-15(2)10-16(9-14)20(25-13-24-3)21-7-5-4-6-17(21)11-18(22)19(23)12-21/h8-11,18-20,22-23H,4-7,12-13H2,1-3H3/t18?,19?,20-,21-/m1/s1. The lowest BCUT2D eigenvalue weighted by atomic mass is 9.59. The van der Waals surface area contributed by atoms with E-state index >= 15 is 0 Å². The van der Waals surface area contributed by atoms with Crippen LogP contribution in [0.1, 0.15) is 54.9 Å².